The number of aromatic nitrogens is 1. The van der Waals surface area contributed by atoms with Crippen LogP contribution in [0, 0.1) is 3.57 Å². The molecule has 0 saturated carbocycles. The number of aromatic carboxylic acids is 1. The highest BCUT2D eigenvalue weighted by Crippen LogP contribution is 2.16. The normalized spacial score (nSPS) is 16.3. The van der Waals surface area contributed by atoms with Crippen LogP contribution in [-0.2, 0) is 15.9 Å². The van der Waals surface area contributed by atoms with E-state index in [-0.39, 0.29) is 11.9 Å². The van der Waals surface area contributed by atoms with Crippen LogP contribution >= 0.6 is 22.6 Å². The first-order chi connectivity index (χ1) is 8.16. The van der Waals surface area contributed by atoms with Crippen molar-refractivity contribution in [2.75, 3.05) is 13.2 Å². The fourth-order valence-electron chi connectivity index (χ4n) is 1.60. The molecular weight excluding hydrogens is 337 g/mol. The van der Waals surface area contributed by atoms with Crippen molar-refractivity contribution in [3.63, 3.8) is 0 Å². The fraction of sp³-hybridized carbons (Fsp3) is 0.455. The molecule has 0 radical (unpaired) electrons. The molecular formula is C11H12INO4. The molecule has 5 nitrogen and oxygen atoms in total. The molecule has 1 aliphatic rings. The van der Waals surface area contributed by atoms with Crippen LogP contribution in [0.2, 0.25) is 0 Å². The van der Waals surface area contributed by atoms with Crippen molar-refractivity contribution in [1.82, 2.24) is 4.98 Å². The van der Waals surface area contributed by atoms with Crippen molar-refractivity contribution in [2.24, 2.45) is 0 Å². The molecule has 0 unspecified atom stereocenters. The molecule has 0 atom stereocenters. The van der Waals surface area contributed by atoms with Gasteiger partial charge in [0.25, 0.3) is 0 Å². The second-order valence-electron chi connectivity index (χ2n) is 3.67. The molecule has 0 aromatic carbocycles. The third-order valence-corrected chi connectivity index (χ3v) is 3.41. The highest BCUT2D eigenvalue weighted by atomic mass is 127. The summed E-state index contributed by atoms with van der Waals surface area (Å²) < 4.78 is 11.5. The third-order valence-electron chi connectivity index (χ3n) is 2.47. The van der Waals surface area contributed by atoms with Gasteiger partial charge in [0.05, 0.1) is 24.5 Å². The van der Waals surface area contributed by atoms with Gasteiger partial charge in [0.1, 0.15) is 0 Å². The molecule has 1 fully saturated rings. The van der Waals surface area contributed by atoms with Gasteiger partial charge in [0.2, 0.25) is 0 Å². The van der Waals surface area contributed by atoms with Crippen LogP contribution in [0.15, 0.2) is 12.3 Å². The lowest BCUT2D eigenvalue weighted by atomic mass is 10.2. The Morgan fingerprint density at radius 3 is 2.82 bits per heavy atom. The van der Waals surface area contributed by atoms with Crippen LogP contribution in [0.4, 0.5) is 0 Å². The summed E-state index contributed by atoms with van der Waals surface area (Å²) in [6.07, 6.45) is 2.71. The van der Waals surface area contributed by atoms with Crippen molar-refractivity contribution < 1.29 is 19.4 Å². The number of ether oxygens (including phenoxy) is 2. The van der Waals surface area contributed by atoms with Gasteiger partial charge in [-0.25, -0.2) is 4.79 Å². The second kappa shape index (κ2) is 5.74. The Labute approximate surface area is 112 Å². The molecule has 1 aromatic heterocycles. The molecule has 17 heavy (non-hydrogen) atoms. The number of hydrogen-bond donors (Lipinski definition) is 1. The molecule has 1 N–H and O–H groups in total. The van der Waals surface area contributed by atoms with Gasteiger partial charge in [-0.1, -0.05) is 0 Å². The van der Waals surface area contributed by atoms with Crippen LogP contribution in [0.5, 0.6) is 0 Å². The summed E-state index contributed by atoms with van der Waals surface area (Å²) in [5.74, 6) is -0.954. The van der Waals surface area contributed by atoms with E-state index in [9.17, 15) is 4.79 Å². The number of carbonyl (C=O) groups is 1. The van der Waals surface area contributed by atoms with Gasteiger partial charge in [-0.05, 0) is 35.1 Å². The third kappa shape index (κ3) is 3.36. The number of pyridine rings is 1. The Kier molecular flexibility index (Phi) is 4.30. The van der Waals surface area contributed by atoms with E-state index in [1.165, 1.54) is 6.20 Å². The molecule has 0 spiro atoms. The van der Waals surface area contributed by atoms with Gasteiger partial charge >= 0.3 is 5.97 Å². The highest BCUT2D eigenvalue weighted by Gasteiger charge is 2.17. The van der Waals surface area contributed by atoms with Crippen molar-refractivity contribution in [2.45, 2.75) is 19.1 Å². The molecule has 2 heterocycles. The quantitative estimate of drug-likeness (QED) is 0.838. The Balaban J connectivity index is 1.98. The van der Waals surface area contributed by atoms with E-state index in [0.29, 0.717) is 13.2 Å². The SMILES string of the molecule is O=C(O)c1cnc(CCC2OCCO2)c(I)c1. The fourth-order valence-corrected chi connectivity index (χ4v) is 2.34. The van der Waals surface area contributed by atoms with E-state index in [1.54, 1.807) is 6.07 Å². The first-order valence-electron chi connectivity index (χ1n) is 5.28. The van der Waals surface area contributed by atoms with Crippen LogP contribution in [-0.4, -0.2) is 35.6 Å². The van der Waals surface area contributed by atoms with Gasteiger partial charge in [0.15, 0.2) is 6.29 Å². The Morgan fingerprint density at radius 2 is 2.24 bits per heavy atom. The Bertz CT molecular complexity index is 418. The summed E-state index contributed by atoms with van der Waals surface area (Å²) >= 11 is 2.10. The molecule has 0 amide bonds. The van der Waals surface area contributed by atoms with E-state index >= 15 is 0 Å². The topological polar surface area (TPSA) is 68.7 Å². The van der Waals surface area contributed by atoms with E-state index in [1.807, 2.05) is 0 Å². The average molecular weight is 349 g/mol. The number of hydrogen-bond acceptors (Lipinski definition) is 4. The Morgan fingerprint density at radius 1 is 1.53 bits per heavy atom. The van der Waals surface area contributed by atoms with Crippen LogP contribution < -0.4 is 0 Å². The minimum Gasteiger partial charge on any atom is -0.478 e. The van der Waals surface area contributed by atoms with Gasteiger partial charge < -0.3 is 14.6 Å². The van der Waals surface area contributed by atoms with Gasteiger partial charge in [-0.2, -0.15) is 0 Å². The van der Waals surface area contributed by atoms with E-state index in [0.717, 1.165) is 22.1 Å². The van der Waals surface area contributed by atoms with Gasteiger partial charge in [-0.15, -0.1) is 0 Å². The standard InChI is InChI=1S/C11H12INO4/c12-8-5-7(11(14)15)6-13-9(8)1-2-10-16-3-4-17-10/h5-6,10H,1-4H2,(H,14,15). The molecule has 1 aliphatic heterocycles. The predicted molar refractivity (Wildman–Crippen MR) is 67.9 cm³/mol. The monoisotopic (exact) mass is 349 g/mol. The van der Waals surface area contributed by atoms with Crippen LogP contribution in [0.1, 0.15) is 22.5 Å². The van der Waals surface area contributed by atoms with Crippen LogP contribution in [0.25, 0.3) is 0 Å². The number of carboxylic acids is 1. The van der Waals surface area contributed by atoms with E-state index in [4.69, 9.17) is 14.6 Å². The van der Waals surface area contributed by atoms with E-state index in [2.05, 4.69) is 27.6 Å². The predicted octanol–water partition coefficient (Wildman–Crippen LogP) is 1.69. The lowest BCUT2D eigenvalue weighted by molar-refractivity contribution is -0.0463. The maximum absolute atomic E-state index is 10.7. The van der Waals surface area contributed by atoms with Crippen molar-refractivity contribution in [1.29, 1.82) is 0 Å². The number of nitrogens with zero attached hydrogens (tertiary/aromatic N) is 1. The molecule has 1 saturated heterocycles. The molecule has 2 rings (SSSR count). The smallest absolute Gasteiger partial charge is 0.337 e. The van der Waals surface area contributed by atoms with Crippen LogP contribution in [0.3, 0.4) is 0 Å². The Hall–Kier alpha value is -0.730. The van der Waals surface area contributed by atoms with Gasteiger partial charge in [-0.3, -0.25) is 4.98 Å². The number of rotatable bonds is 4. The van der Waals surface area contributed by atoms with Crippen molar-refractivity contribution in [3.8, 4) is 0 Å². The minimum atomic E-state index is -0.954. The van der Waals surface area contributed by atoms with Gasteiger partial charge in [0, 0.05) is 16.2 Å². The largest absolute Gasteiger partial charge is 0.478 e. The zero-order valence-corrected chi connectivity index (χ0v) is 11.2. The zero-order valence-electron chi connectivity index (χ0n) is 9.06. The summed E-state index contributed by atoms with van der Waals surface area (Å²) in [6.45, 7) is 1.29. The summed E-state index contributed by atoms with van der Waals surface area (Å²) in [6, 6.07) is 1.63. The summed E-state index contributed by atoms with van der Waals surface area (Å²) in [5.41, 5.74) is 1.10. The summed E-state index contributed by atoms with van der Waals surface area (Å²) in [4.78, 5) is 14.9. The first kappa shape index (κ1) is 12.7. The average Bonchev–Trinajstić information content (AvgIpc) is 2.80. The maximum Gasteiger partial charge on any atom is 0.337 e. The lowest BCUT2D eigenvalue weighted by Crippen LogP contribution is -2.10. The van der Waals surface area contributed by atoms with Crippen molar-refractivity contribution in [3.05, 3.63) is 27.1 Å². The second-order valence-corrected chi connectivity index (χ2v) is 4.83. The number of aryl methyl sites for hydroxylation is 1. The molecule has 1 aromatic rings. The minimum absolute atomic E-state index is 0.147. The summed E-state index contributed by atoms with van der Waals surface area (Å²) in [7, 11) is 0. The summed E-state index contributed by atoms with van der Waals surface area (Å²) in [5, 5.41) is 8.82. The molecule has 92 valence electrons. The maximum atomic E-state index is 10.7. The number of halogens is 1. The first-order valence-corrected chi connectivity index (χ1v) is 6.35. The zero-order chi connectivity index (χ0) is 12.3. The van der Waals surface area contributed by atoms with E-state index < -0.39 is 5.97 Å². The number of carboxylic acid groups (broad SMARTS) is 1. The molecule has 0 bridgehead atoms. The highest BCUT2D eigenvalue weighted by molar-refractivity contribution is 14.1. The molecule has 0 aliphatic carbocycles. The van der Waals surface area contributed by atoms with Crippen molar-refractivity contribution >= 4 is 28.6 Å². The lowest BCUT2D eigenvalue weighted by Gasteiger charge is -2.09. The molecule has 6 heteroatoms.